The van der Waals surface area contributed by atoms with E-state index in [2.05, 4.69) is 0 Å². The SMILES string of the molecule is CS(=O)(=O)C(CN)CN. The van der Waals surface area contributed by atoms with Crippen molar-refractivity contribution in [3.05, 3.63) is 0 Å². The van der Waals surface area contributed by atoms with Gasteiger partial charge in [-0.05, 0) is 0 Å². The number of rotatable bonds is 3. The van der Waals surface area contributed by atoms with Crippen LogP contribution in [0.2, 0.25) is 0 Å². The molecule has 0 aromatic rings. The van der Waals surface area contributed by atoms with Crippen molar-refractivity contribution in [1.82, 2.24) is 0 Å². The van der Waals surface area contributed by atoms with Crippen molar-refractivity contribution in [2.75, 3.05) is 19.3 Å². The van der Waals surface area contributed by atoms with Crippen molar-refractivity contribution in [3.63, 3.8) is 0 Å². The lowest BCUT2D eigenvalue weighted by molar-refractivity contribution is 0.586. The molecule has 0 aliphatic heterocycles. The van der Waals surface area contributed by atoms with E-state index >= 15 is 0 Å². The predicted octanol–water partition coefficient (Wildman–Crippen LogP) is -1.68. The quantitative estimate of drug-likeness (QED) is 0.505. The number of sulfone groups is 1. The first-order valence-corrected chi connectivity index (χ1v) is 4.56. The van der Waals surface area contributed by atoms with Crippen molar-refractivity contribution < 1.29 is 8.42 Å². The second kappa shape index (κ2) is 3.14. The Balaban J connectivity index is 4.14. The minimum absolute atomic E-state index is 0.106. The van der Waals surface area contributed by atoms with Crippen LogP contribution in [-0.4, -0.2) is 33.0 Å². The highest BCUT2D eigenvalue weighted by atomic mass is 32.2. The Morgan fingerprint density at radius 1 is 1.33 bits per heavy atom. The summed E-state index contributed by atoms with van der Waals surface area (Å²) in [6, 6.07) is 0. The van der Waals surface area contributed by atoms with Crippen LogP contribution >= 0.6 is 0 Å². The average molecular weight is 152 g/mol. The first-order valence-electron chi connectivity index (χ1n) is 2.61. The molecule has 0 aromatic carbocycles. The molecule has 0 fully saturated rings. The van der Waals surface area contributed by atoms with Crippen LogP contribution in [0.3, 0.4) is 0 Å². The monoisotopic (exact) mass is 152 g/mol. The van der Waals surface area contributed by atoms with Gasteiger partial charge in [-0.3, -0.25) is 0 Å². The lowest BCUT2D eigenvalue weighted by atomic mass is 10.4. The van der Waals surface area contributed by atoms with Crippen molar-refractivity contribution in [2.24, 2.45) is 11.5 Å². The van der Waals surface area contributed by atoms with Crippen LogP contribution in [0, 0.1) is 0 Å². The van der Waals surface area contributed by atoms with E-state index in [1.165, 1.54) is 0 Å². The highest BCUT2D eigenvalue weighted by Gasteiger charge is 2.15. The molecule has 4 N–H and O–H groups in total. The van der Waals surface area contributed by atoms with Gasteiger partial charge in [-0.2, -0.15) is 0 Å². The van der Waals surface area contributed by atoms with Gasteiger partial charge >= 0.3 is 0 Å². The summed E-state index contributed by atoms with van der Waals surface area (Å²) in [5.41, 5.74) is 10.2. The third-order valence-corrected chi connectivity index (χ3v) is 2.73. The topological polar surface area (TPSA) is 86.2 Å². The summed E-state index contributed by atoms with van der Waals surface area (Å²) >= 11 is 0. The van der Waals surface area contributed by atoms with E-state index in [0.717, 1.165) is 6.26 Å². The number of hydrogen-bond acceptors (Lipinski definition) is 4. The van der Waals surface area contributed by atoms with E-state index in [1.807, 2.05) is 0 Å². The van der Waals surface area contributed by atoms with Gasteiger partial charge in [0.1, 0.15) is 0 Å². The fraction of sp³-hybridized carbons (Fsp3) is 1.00. The smallest absolute Gasteiger partial charge is 0.152 e. The van der Waals surface area contributed by atoms with Crippen LogP contribution in [0.1, 0.15) is 0 Å². The molecule has 56 valence electrons. The molecule has 0 rings (SSSR count). The standard InChI is InChI=1S/C4H12N2O2S/c1-9(7,8)4(2-5)3-6/h4H,2-3,5-6H2,1H3. The normalized spacial score (nSPS) is 12.4. The lowest BCUT2D eigenvalue weighted by Crippen LogP contribution is -2.35. The zero-order valence-electron chi connectivity index (χ0n) is 5.37. The van der Waals surface area contributed by atoms with Gasteiger partial charge in [-0.25, -0.2) is 8.42 Å². The zero-order chi connectivity index (χ0) is 7.49. The van der Waals surface area contributed by atoms with E-state index in [1.54, 1.807) is 0 Å². The van der Waals surface area contributed by atoms with E-state index < -0.39 is 15.1 Å². The third kappa shape index (κ3) is 2.78. The van der Waals surface area contributed by atoms with Gasteiger partial charge in [0.2, 0.25) is 0 Å². The Hall–Kier alpha value is -0.130. The fourth-order valence-electron chi connectivity index (χ4n) is 0.446. The molecule has 0 radical (unpaired) electrons. The van der Waals surface area contributed by atoms with E-state index in [9.17, 15) is 8.42 Å². The molecule has 0 saturated heterocycles. The molecule has 0 saturated carbocycles. The molecule has 5 heteroatoms. The van der Waals surface area contributed by atoms with Crippen LogP contribution in [0.5, 0.6) is 0 Å². The summed E-state index contributed by atoms with van der Waals surface area (Å²) in [6.45, 7) is 0.213. The molecule has 0 spiro atoms. The molecule has 9 heavy (non-hydrogen) atoms. The van der Waals surface area contributed by atoms with Gasteiger partial charge in [0.05, 0.1) is 5.25 Å². The first-order chi connectivity index (χ1) is 4.02. The second-order valence-corrected chi connectivity index (χ2v) is 4.25. The molecule has 4 nitrogen and oxygen atoms in total. The zero-order valence-corrected chi connectivity index (χ0v) is 6.19. The third-order valence-electron chi connectivity index (χ3n) is 1.13. The number of nitrogens with two attached hydrogens (primary N) is 2. The largest absolute Gasteiger partial charge is 0.329 e. The van der Waals surface area contributed by atoms with Crippen molar-refractivity contribution >= 4 is 9.84 Å². The molecule has 0 atom stereocenters. The van der Waals surface area contributed by atoms with Gasteiger partial charge in [0.15, 0.2) is 9.84 Å². The maximum Gasteiger partial charge on any atom is 0.152 e. The minimum atomic E-state index is -3.02. The Morgan fingerprint density at radius 2 is 1.67 bits per heavy atom. The highest BCUT2D eigenvalue weighted by molar-refractivity contribution is 7.91. The van der Waals surface area contributed by atoms with Crippen LogP contribution < -0.4 is 11.5 Å². The maximum absolute atomic E-state index is 10.6. The maximum atomic E-state index is 10.6. The van der Waals surface area contributed by atoms with Crippen LogP contribution in [0.4, 0.5) is 0 Å². The molecule has 0 unspecified atom stereocenters. The van der Waals surface area contributed by atoms with E-state index in [-0.39, 0.29) is 13.1 Å². The van der Waals surface area contributed by atoms with Crippen molar-refractivity contribution in [2.45, 2.75) is 5.25 Å². The summed E-state index contributed by atoms with van der Waals surface area (Å²) in [4.78, 5) is 0. The van der Waals surface area contributed by atoms with Crippen LogP contribution in [-0.2, 0) is 9.84 Å². The fourth-order valence-corrected chi connectivity index (χ4v) is 1.14. The molecule has 0 amide bonds. The molecule has 0 aliphatic carbocycles. The average Bonchev–Trinajstić information content (AvgIpc) is 1.65. The summed E-state index contributed by atoms with van der Waals surface area (Å²) in [5, 5.41) is -0.572. The predicted molar refractivity (Wildman–Crippen MR) is 36.7 cm³/mol. The van der Waals surface area contributed by atoms with Gasteiger partial charge in [0, 0.05) is 19.3 Å². The molecular weight excluding hydrogens is 140 g/mol. The number of hydrogen-bond donors (Lipinski definition) is 2. The van der Waals surface area contributed by atoms with Gasteiger partial charge < -0.3 is 11.5 Å². The minimum Gasteiger partial charge on any atom is -0.329 e. The lowest BCUT2D eigenvalue weighted by Gasteiger charge is -2.07. The summed E-state index contributed by atoms with van der Waals surface area (Å²) in [7, 11) is -3.02. The molecular formula is C4H12N2O2S. The Labute approximate surface area is 55.1 Å². The van der Waals surface area contributed by atoms with Gasteiger partial charge in [-0.15, -0.1) is 0 Å². The second-order valence-electron chi connectivity index (χ2n) is 1.92. The summed E-state index contributed by atoms with van der Waals surface area (Å²) in [6.07, 6.45) is 1.14. The molecule has 0 aliphatic rings. The highest BCUT2D eigenvalue weighted by Crippen LogP contribution is 1.92. The van der Waals surface area contributed by atoms with Crippen molar-refractivity contribution in [3.8, 4) is 0 Å². The Bertz CT molecular complexity index is 159. The Kier molecular flexibility index (Phi) is 3.10. The summed E-state index contributed by atoms with van der Waals surface area (Å²) in [5.74, 6) is 0. The van der Waals surface area contributed by atoms with Crippen LogP contribution in [0.15, 0.2) is 0 Å². The van der Waals surface area contributed by atoms with E-state index in [0.29, 0.717) is 0 Å². The van der Waals surface area contributed by atoms with Gasteiger partial charge in [-0.1, -0.05) is 0 Å². The van der Waals surface area contributed by atoms with Gasteiger partial charge in [0.25, 0.3) is 0 Å². The molecule has 0 aromatic heterocycles. The first kappa shape index (κ1) is 8.87. The Morgan fingerprint density at radius 3 is 1.67 bits per heavy atom. The van der Waals surface area contributed by atoms with Crippen molar-refractivity contribution in [1.29, 1.82) is 0 Å². The van der Waals surface area contributed by atoms with E-state index in [4.69, 9.17) is 11.5 Å². The molecule has 0 bridgehead atoms. The molecule has 0 heterocycles. The van der Waals surface area contributed by atoms with Crippen LogP contribution in [0.25, 0.3) is 0 Å². The summed E-state index contributed by atoms with van der Waals surface area (Å²) < 4.78 is 21.3.